The Balaban J connectivity index is 1.55. The van der Waals surface area contributed by atoms with Gasteiger partial charge in [0.1, 0.15) is 0 Å². The lowest BCUT2D eigenvalue weighted by Gasteiger charge is -2.32. The minimum absolute atomic E-state index is 0.105. The maximum atomic E-state index is 10.2. The molecule has 2 aromatic carbocycles. The van der Waals surface area contributed by atoms with Crippen LogP contribution in [-0.2, 0) is 21.5 Å². The van der Waals surface area contributed by atoms with E-state index in [1.165, 1.54) is 18.4 Å². The van der Waals surface area contributed by atoms with Crippen LogP contribution in [-0.4, -0.2) is 36.1 Å². The van der Waals surface area contributed by atoms with E-state index in [1.807, 2.05) is 18.2 Å². The third kappa shape index (κ3) is 4.68. The minimum atomic E-state index is -0.494. The predicted molar refractivity (Wildman–Crippen MR) is 118 cm³/mol. The highest BCUT2D eigenvalue weighted by molar-refractivity contribution is 5.44. The van der Waals surface area contributed by atoms with E-state index in [4.69, 9.17) is 9.47 Å². The molecule has 0 aromatic heterocycles. The Morgan fingerprint density at radius 1 is 1.13 bits per heavy atom. The van der Waals surface area contributed by atoms with Gasteiger partial charge in [0.25, 0.3) is 0 Å². The van der Waals surface area contributed by atoms with Gasteiger partial charge >= 0.3 is 0 Å². The van der Waals surface area contributed by atoms with Crippen molar-refractivity contribution in [2.45, 2.75) is 68.9 Å². The molecule has 0 amide bonds. The highest BCUT2D eigenvalue weighted by Gasteiger charge is 2.35. The quantitative estimate of drug-likeness (QED) is 0.733. The molecule has 1 saturated carbocycles. The summed E-state index contributed by atoms with van der Waals surface area (Å²) < 4.78 is 11.9. The Hall–Kier alpha value is -2.23. The third-order valence-corrected chi connectivity index (χ3v) is 6.88. The van der Waals surface area contributed by atoms with Crippen molar-refractivity contribution >= 4 is 0 Å². The van der Waals surface area contributed by atoms with Crippen LogP contribution in [0.3, 0.4) is 0 Å². The molecule has 164 valence electrons. The fourth-order valence-electron chi connectivity index (χ4n) is 5.09. The normalized spacial score (nSPS) is 25.3. The lowest BCUT2D eigenvalue weighted by Crippen LogP contribution is -2.33. The maximum absolute atomic E-state index is 10.2. The van der Waals surface area contributed by atoms with E-state index in [1.54, 1.807) is 7.11 Å². The Kier molecular flexibility index (Phi) is 6.74. The van der Waals surface area contributed by atoms with Crippen LogP contribution in [0.5, 0.6) is 0 Å². The molecule has 3 atom stereocenters. The Morgan fingerprint density at radius 2 is 1.87 bits per heavy atom. The molecule has 1 heterocycles. The van der Waals surface area contributed by atoms with Crippen molar-refractivity contribution in [3.8, 4) is 6.07 Å². The molecule has 5 nitrogen and oxygen atoms in total. The van der Waals surface area contributed by atoms with Crippen LogP contribution in [0.15, 0.2) is 42.5 Å². The first-order chi connectivity index (χ1) is 15.1. The van der Waals surface area contributed by atoms with Gasteiger partial charge in [0.2, 0.25) is 0 Å². The highest BCUT2D eigenvalue weighted by atomic mass is 16.5. The summed E-state index contributed by atoms with van der Waals surface area (Å²) in [6, 6.07) is 16.6. The molecule has 0 radical (unpaired) electrons. The number of rotatable bonds is 6. The first-order valence-corrected chi connectivity index (χ1v) is 11.2. The Labute approximate surface area is 184 Å². The molecule has 2 N–H and O–H groups in total. The molecule has 1 aliphatic heterocycles. The number of nitriles is 1. The van der Waals surface area contributed by atoms with Gasteiger partial charge in [-0.15, -0.1) is 0 Å². The lowest BCUT2D eigenvalue weighted by atomic mass is 9.89. The summed E-state index contributed by atoms with van der Waals surface area (Å²) in [5.41, 5.74) is 4.74. The van der Waals surface area contributed by atoms with Crippen LogP contribution in [0, 0.1) is 11.3 Å². The molecule has 0 bridgehead atoms. The van der Waals surface area contributed by atoms with Crippen molar-refractivity contribution in [3.05, 3.63) is 70.3 Å². The monoisotopic (exact) mass is 421 g/mol. The van der Waals surface area contributed by atoms with E-state index in [0.717, 1.165) is 29.5 Å². The van der Waals surface area contributed by atoms with Crippen LogP contribution in [0.25, 0.3) is 0 Å². The molecule has 31 heavy (non-hydrogen) atoms. The first-order valence-electron chi connectivity index (χ1n) is 11.2. The summed E-state index contributed by atoms with van der Waals surface area (Å²) in [6.45, 7) is -0.105. The largest absolute Gasteiger partial charge is 0.394 e. The van der Waals surface area contributed by atoms with E-state index < -0.39 is 6.10 Å². The molecule has 0 spiro atoms. The van der Waals surface area contributed by atoms with E-state index in [-0.39, 0.29) is 24.4 Å². The second-order valence-corrected chi connectivity index (χ2v) is 8.86. The van der Waals surface area contributed by atoms with E-state index in [0.29, 0.717) is 24.8 Å². The second-order valence-electron chi connectivity index (χ2n) is 8.86. The van der Waals surface area contributed by atoms with Crippen molar-refractivity contribution in [1.82, 2.24) is 0 Å². The predicted octanol–water partition coefficient (Wildman–Crippen LogP) is 4.14. The number of aliphatic hydroxyl groups is 2. The fourth-order valence-corrected chi connectivity index (χ4v) is 5.09. The van der Waals surface area contributed by atoms with Crippen molar-refractivity contribution in [2.24, 2.45) is 0 Å². The topological polar surface area (TPSA) is 82.7 Å². The van der Waals surface area contributed by atoms with Gasteiger partial charge in [0.15, 0.2) is 0 Å². The summed E-state index contributed by atoms with van der Waals surface area (Å²) >= 11 is 0. The molecular weight excluding hydrogens is 390 g/mol. The SMILES string of the molecule is COC1(c2ccc(Cc3cc([C@H]4CC(O)C[C@@H](CO)O4)ccc3C#N)cc2)CCCC1. The molecule has 5 heteroatoms. The molecule has 4 rings (SSSR count). The number of ether oxygens (including phenoxy) is 2. The van der Waals surface area contributed by atoms with Gasteiger partial charge in [-0.05, 0) is 47.6 Å². The van der Waals surface area contributed by atoms with Gasteiger partial charge < -0.3 is 19.7 Å². The van der Waals surface area contributed by atoms with Crippen LogP contribution in [0.1, 0.15) is 72.4 Å². The zero-order chi connectivity index (χ0) is 21.8. The first kappa shape index (κ1) is 22.0. The molecule has 1 aliphatic carbocycles. The molecule has 2 aromatic rings. The van der Waals surface area contributed by atoms with Crippen LogP contribution in [0.2, 0.25) is 0 Å². The van der Waals surface area contributed by atoms with Gasteiger partial charge in [-0.2, -0.15) is 5.26 Å². The average molecular weight is 422 g/mol. The van der Waals surface area contributed by atoms with Crippen LogP contribution in [0.4, 0.5) is 0 Å². The van der Waals surface area contributed by atoms with Crippen molar-refractivity contribution < 1.29 is 19.7 Å². The molecule has 2 fully saturated rings. The standard InChI is InChI=1S/C26H31NO4/c1-30-26(10-2-3-11-26)22-8-4-18(5-9-22)12-21-13-19(6-7-20(21)16-27)25-15-23(29)14-24(17-28)31-25/h4-9,13,23-25,28-29H,2-3,10-12,14-15,17H2,1H3/t23?,24-,25+/m0/s1. The molecule has 1 unspecified atom stereocenters. The zero-order valence-corrected chi connectivity index (χ0v) is 18.1. The number of hydrogen-bond donors (Lipinski definition) is 2. The molecule has 2 aliphatic rings. The summed E-state index contributed by atoms with van der Waals surface area (Å²) in [7, 11) is 1.80. The third-order valence-electron chi connectivity index (χ3n) is 6.88. The average Bonchev–Trinajstić information content (AvgIpc) is 3.29. The summed E-state index contributed by atoms with van der Waals surface area (Å²) in [4.78, 5) is 0. The highest BCUT2D eigenvalue weighted by Crippen LogP contribution is 2.41. The van der Waals surface area contributed by atoms with Gasteiger partial charge in [0, 0.05) is 20.0 Å². The number of hydrogen-bond acceptors (Lipinski definition) is 5. The van der Waals surface area contributed by atoms with Crippen molar-refractivity contribution in [1.29, 1.82) is 5.26 Å². The minimum Gasteiger partial charge on any atom is -0.394 e. The van der Waals surface area contributed by atoms with Crippen LogP contribution >= 0.6 is 0 Å². The van der Waals surface area contributed by atoms with E-state index in [9.17, 15) is 15.5 Å². The van der Waals surface area contributed by atoms with Gasteiger partial charge in [-0.25, -0.2) is 0 Å². The maximum Gasteiger partial charge on any atom is 0.0994 e. The van der Waals surface area contributed by atoms with Crippen molar-refractivity contribution in [2.75, 3.05) is 13.7 Å². The Bertz CT molecular complexity index is 927. The van der Waals surface area contributed by atoms with E-state index in [2.05, 4.69) is 30.3 Å². The van der Waals surface area contributed by atoms with E-state index >= 15 is 0 Å². The van der Waals surface area contributed by atoms with Crippen LogP contribution < -0.4 is 0 Å². The smallest absolute Gasteiger partial charge is 0.0994 e. The number of aliphatic hydroxyl groups excluding tert-OH is 2. The number of nitrogens with zero attached hydrogens (tertiary/aromatic N) is 1. The van der Waals surface area contributed by atoms with Gasteiger partial charge in [-0.1, -0.05) is 49.2 Å². The zero-order valence-electron chi connectivity index (χ0n) is 18.1. The second kappa shape index (κ2) is 9.50. The summed E-state index contributed by atoms with van der Waals surface area (Å²) in [5.74, 6) is 0. The number of benzene rings is 2. The van der Waals surface area contributed by atoms with Crippen molar-refractivity contribution in [3.63, 3.8) is 0 Å². The number of methoxy groups -OCH3 is 1. The molecule has 1 saturated heterocycles. The van der Waals surface area contributed by atoms with Gasteiger partial charge in [0.05, 0.1) is 42.2 Å². The Morgan fingerprint density at radius 3 is 2.52 bits per heavy atom. The lowest BCUT2D eigenvalue weighted by molar-refractivity contribution is -0.113. The summed E-state index contributed by atoms with van der Waals surface area (Å²) in [6.07, 6.45) is 4.98. The summed E-state index contributed by atoms with van der Waals surface area (Å²) in [5, 5.41) is 29.2. The molecular formula is C26H31NO4. The fraction of sp³-hybridized carbons (Fsp3) is 0.500. The van der Waals surface area contributed by atoms with Gasteiger partial charge in [-0.3, -0.25) is 0 Å².